The molecule has 1 aliphatic heterocycles. The molecule has 1 saturated carbocycles. The zero-order chi connectivity index (χ0) is 17.0. The van der Waals surface area contributed by atoms with E-state index in [9.17, 15) is 10.1 Å². The maximum atomic E-state index is 12.7. The van der Waals surface area contributed by atoms with E-state index in [0.717, 1.165) is 58.0 Å². The molecule has 2 heterocycles. The number of hydrogen-bond donors (Lipinski definition) is 2. The lowest BCUT2D eigenvalue weighted by Gasteiger charge is -2.37. The summed E-state index contributed by atoms with van der Waals surface area (Å²) >= 11 is 0. The molecule has 0 aromatic carbocycles. The van der Waals surface area contributed by atoms with Gasteiger partial charge in [-0.1, -0.05) is 19.3 Å². The third-order valence-electron chi connectivity index (χ3n) is 5.73. The van der Waals surface area contributed by atoms with Gasteiger partial charge in [0.25, 0.3) is 0 Å². The van der Waals surface area contributed by atoms with E-state index in [1.54, 1.807) is 0 Å². The van der Waals surface area contributed by atoms with Crippen molar-refractivity contribution in [2.24, 2.45) is 0 Å². The fourth-order valence-electron chi connectivity index (χ4n) is 4.03. The number of carbonyl (C=O) groups is 1. The summed E-state index contributed by atoms with van der Waals surface area (Å²) in [5.41, 5.74) is 0.621. The van der Waals surface area contributed by atoms with Crippen LogP contribution >= 0.6 is 0 Å². The predicted octanol–water partition coefficient (Wildman–Crippen LogP) is 2.32. The van der Waals surface area contributed by atoms with E-state index in [1.165, 1.54) is 5.56 Å². The first-order valence-corrected chi connectivity index (χ1v) is 9.09. The van der Waals surface area contributed by atoms with Gasteiger partial charge in [0, 0.05) is 6.20 Å². The van der Waals surface area contributed by atoms with Crippen LogP contribution in [0.15, 0.2) is 12.4 Å². The highest BCUT2D eigenvalue weighted by Gasteiger charge is 2.36. The first kappa shape index (κ1) is 17.0. The Balaban J connectivity index is 1.54. The highest BCUT2D eigenvalue weighted by molar-refractivity contribution is 5.82. The van der Waals surface area contributed by atoms with Crippen molar-refractivity contribution in [1.29, 1.82) is 5.26 Å². The summed E-state index contributed by atoms with van der Waals surface area (Å²) < 4.78 is 0. The standard InChI is InChI=1S/C18H27N5O/c1-14(17(24)22-18(13-19)7-3-2-4-8-18)23-9-5-15(6-10-23)16-11-20-21-12-16/h11-12,14-15H,2-10H2,1H3,(H,20,21)(H,22,24)/t14-/m1/s1. The van der Waals surface area contributed by atoms with Crippen molar-refractivity contribution in [1.82, 2.24) is 20.4 Å². The molecular weight excluding hydrogens is 302 g/mol. The Hall–Kier alpha value is -1.87. The number of rotatable bonds is 4. The molecule has 1 aliphatic carbocycles. The molecule has 0 spiro atoms. The van der Waals surface area contributed by atoms with E-state index in [0.29, 0.717) is 5.92 Å². The highest BCUT2D eigenvalue weighted by Crippen LogP contribution is 2.30. The van der Waals surface area contributed by atoms with Gasteiger partial charge < -0.3 is 5.32 Å². The molecule has 0 bridgehead atoms. The van der Waals surface area contributed by atoms with Crippen LogP contribution < -0.4 is 5.32 Å². The molecule has 3 rings (SSSR count). The molecule has 2 aliphatic rings. The fourth-order valence-corrected chi connectivity index (χ4v) is 4.03. The topological polar surface area (TPSA) is 84.8 Å². The van der Waals surface area contributed by atoms with Gasteiger partial charge in [0.1, 0.15) is 5.54 Å². The van der Waals surface area contributed by atoms with Crippen molar-refractivity contribution in [3.63, 3.8) is 0 Å². The zero-order valence-corrected chi connectivity index (χ0v) is 14.4. The second kappa shape index (κ2) is 7.35. The Morgan fingerprint density at radius 2 is 2.12 bits per heavy atom. The van der Waals surface area contributed by atoms with Crippen molar-refractivity contribution in [3.8, 4) is 6.07 Å². The molecule has 6 heteroatoms. The summed E-state index contributed by atoms with van der Waals surface area (Å²) in [4.78, 5) is 14.9. The highest BCUT2D eigenvalue weighted by atomic mass is 16.2. The Labute approximate surface area is 143 Å². The molecule has 1 atom stereocenters. The third-order valence-corrected chi connectivity index (χ3v) is 5.73. The fraction of sp³-hybridized carbons (Fsp3) is 0.722. The lowest BCUT2D eigenvalue weighted by atomic mass is 9.82. The van der Waals surface area contributed by atoms with Crippen LogP contribution in [0.4, 0.5) is 0 Å². The van der Waals surface area contributed by atoms with Crippen molar-refractivity contribution >= 4 is 5.91 Å². The van der Waals surface area contributed by atoms with Gasteiger partial charge in [0.15, 0.2) is 0 Å². The van der Waals surface area contributed by atoms with E-state index in [1.807, 2.05) is 19.3 Å². The minimum absolute atomic E-state index is 0.000195. The lowest BCUT2D eigenvalue weighted by molar-refractivity contribution is -0.128. The minimum Gasteiger partial charge on any atom is -0.336 e. The Kier molecular flexibility index (Phi) is 5.20. The normalized spacial score (nSPS) is 23.3. The molecule has 0 unspecified atom stereocenters. The number of carbonyl (C=O) groups excluding carboxylic acids is 1. The Morgan fingerprint density at radius 1 is 1.42 bits per heavy atom. The summed E-state index contributed by atoms with van der Waals surface area (Å²) in [6.07, 6.45) is 10.7. The number of nitriles is 1. The quantitative estimate of drug-likeness (QED) is 0.888. The molecule has 0 radical (unpaired) electrons. The molecule has 24 heavy (non-hydrogen) atoms. The van der Waals surface area contributed by atoms with E-state index in [4.69, 9.17) is 0 Å². The summed E-state index contributed by atoms with van der Waals surface area (Å²) in [6, 6.07) is 2.19. The van der Waals surface area contributed by atoms with Gasteiger partial charge >= 0.3 is 0 Å². The molecule has 1 aromatic rings. The number of hydrogen-bond acceptors (Lipinski definition) is 4. The minimum atomic E-state index is -0.640. The van der Waals surface area contributed by atoms with Crippen LogP contribution in [0.3, 0.4) is 0 Å². The van der Waals surface area contributed by atoms with Gasteiger partial charge in [-0.05, 0) is 57.2 Å². The molecule has 2 fully saturated rings. The summed E-state index contributed by atoms with van der Waals surface area (Å²) in [6.45, 7) is 3.77. The average molecular weight is 329 g/mol. The second-order valence-electron chi connectivity index (χ2n) is 7.26. The third kappa shape index (κ3) is 3.62. The summed E-state index contributed by atoms with van der Waals surface area (Å²) in [7, 11) is 0. The Morgan fingerprint density at radius 3 is 2.71 bits per heavy atom. The smallest absolute Gasteiger partial charge is 0.238 e. The first-order chi connectivity index (χ1) is 11.6. The van der Waals surface area contributed by atoms with Crippen LogP contribution in [0, 0.1) is 11.3 Å². The van der Waals surface area contributed by atoms with Crippen LogP contribution in [0.25, 0.3) is 0 Å². The maximum absolute atomic E-state index is 12.7. The number of nitrogens with one attached hydrogen (secondary N) is 2. The van der Waals surface area contributed by atoms with Gasteiger partial charge in [-0.3, -0.25) is 14.8 Å². The second-order valence-corrected chi connectivity index (χ2v) is 7.26. The number of likely N-dealkylation sites (tertiary alicyclic amines) is 1. The lowest BCUT2D eigenvalue weighted by Crippen LogP contribution is -2.55. The average Bonchev–Trinajstić information content (AvgIpc) is 3.16. The number of H-pyrrole nitrogens is 1. The predicted molar refractivity (Wildman–Crippen MR) is 91.2 cm³/mol. The molecule has 6 nitrogen and oxygen atoms in total. The van der Waals surface area contributed by atoms with Gasteiger partial charge in [-0.15, -0.1) is 0 Å². The zero-order valence-electron chi connectivity index (χ0n) is 14.4. The molecular formula is C18H27N5O. The molecule has 130 valence electrons. The van der Waals surface area contributed by atoms with Crippen molar-refractivity contribution in [3.05, 3.63) is 18.0 Å². The van der Waals surface area contributed by atoms with E-state index < -0.39 is 5.54 Å². The van der Waals surface area contributed by atoms with Crippen molar-refractivity contribution in [2.45, 2.75) is 69.4 Å². The Bertz CT molecular complexity index is 577. The number of amides is 1. The van der Waals surface area contributed by atoms with Gasteiger partial charge in [-0.2, -0.15) is 10.4 Å². The SMILES string of the molecule is C[C@H](C(=O)NC1(C#N)CCCCC1)N1CCC(c2cn[nH]c2)CC1. The largest absolute Gasteiger partial charge is 0.336 e. The number of aromatic nitrogens is 2. The number of piperidine rings is 1. The first-order valence-electron chi connectivity index (χ1n) is 9.09. The van der Waals surface area contributed by atoms with Crippen molar-refractivity contribution in [2.75, 3.05) is 13.1 Å². The summed E-state index contributed by atoms with van der Waals surface area (Å²) in [5, 5.41) is 19.5. The van der Waals surface area contributed by atoms with Crippen LogP contribution in [-0.4, -0.2) is 45.7 Å². The van der Waals surface area contributed by atoms with Crippen LogP contribution in [-0.2, 0) is 4.79 Å². The molecule has 1 saturated heterocycles. The van der Waals surface area contributed by atoms with Crippen molar-refractivity contribution < 1.29 is 4.79 Å². The van der Waals surface area contributed by atoms with E-state index >= 15 is 0 Å². The maximum Gasteiger partial charge on any atom is 0.238 e. The molecule has 1 amide bonds. The summed E-state index contributed by atoms with van der Waals surface area (Å²) in [5.74, 6) is 0.527. The van der Waals surface area contributed by atoms with E-state index in [2.05, 4.69) is 26.5 Å². The van der Waals surface area contributed by atoms with Crippen LogP contribution in [0.5, 0.6) is 0 Å². The van der Waals surface area contributed by atoms with Gasteiger partial charge in [-0.25, -0.2) is 0 Å². The molecule has 1 aromatic heterocycles. The monoisotopic (exact) mass is 329 g/mol. The van der Waals surface area contributed by atoms with Crippen LogP contribution in [0.1, 0.15) is 63.4 Å². The number of nitrogens with zero attached hydrogens (tertiary/aromatic N) is 3. The van der Waals surface area contributed by atoms with Gasteiger partial charge in [0.05, 0.1) is 18.3 Å². The van der Waals surface area contributed by atoms with Crippen LogP contribution in [0.2, 0.25) is 0 Å². The van der Waals surface area contributed by atoms with E-state index in [-0.39, 0.29) is 11.9 Å². The number of aromatic amines is 1. The van der Waals surface area contributed by atoms with Gasteiger partial charge in [0.2, 0.25) is 5.91 Å². The molecule has 2 N–H and O–H groups in total.